The van der Waals surface area contributed by atoms with Crippen LogP contribution in [0.4, 0.5) is 13.2 Å². The molecule has 0 spiro atoms. The first-order valence-electron chi connectivity index (χ1n) is 8.58. The Bertz CT molecular complexity index is 571. The highest BCUT2D eigenvalue weighted by Gasteiger charge is 2.38. The number of benzene rings is 1. The fourth-order valence-electron chi connectivity index (χ4n) is 3.88. The Balaban J connectivity index is 1.58. The van der Waals surface area contributed by atoms with E-state index >= 15 is 0 Å². The molecule has 3 rings (SSSR count). The number of carbonyl (C=O) groups excluding carboxylic acids is 1. The quantitative estimate of drug-likeness (QED) is 0.879. The highest BCUT2D eigenvalue weighted by molar-refractivity contribution is 5.82. The summed E-state index contributed by atoms with van der Waals surface area (Å²) in [6.45, 7) is 1.79. The molecule has 3 nitrogen and oxygen atoms in total. The number of nitrogens with one attached hydrogen (secondary N) is 2. The maximum atomic E-state index is 12.6. The standard InChI is InChI=1S/C18H23F3N2O/c1-11(12-6-8-14(9-7-12)18(19,20)21)22-17(24)16-10-13-4-2-3-5-15(13)23-16/h6-9,11,13,15-16,23H,2-5,10H2,1H3,(H,22,24). The molecule has 1 aromatic rings. The van der Waals surface area contributed by atoms with Gasteiger partial charge >= 0.3 is 6.18 Å². The maximum Gasteiger partial charge on any atom is 0.416 e. The van der Waals surface area contributed by atoms with Gasteiger partial charge in [-0.25, -0.2) is 0 Å². The summed E-state index contributed by atoms with van der Waals surface area (Å²) >= 11 is 0. The molecule has 1 saturated carbocycles. The normalized spacial score (nSPS) is 28.2. The number of carbonyl (C=O) groups is 1. The minimum absolute atomic E-state index is 0.0585. The zero-order chi connectivity index (χ0) is 17.3. The number of amides is 1. The number of alkyl halides is 3. The van der Waals surface area contributed by atoms with Crippen LogP contribution < -0.4 is 10.6 Å². The summed E-state index contributed by atoms with van der Waals surface area (Å²) in [6, 6.07) is 4.90. The molecule has 0 bridgehead atoms. The van der Waals surface area contributed by atoms with Crippen LogP contribution in [-0.4, -0.2) is 18.0 Å². The van der Waals surface area contributed by atoms with Gasteiger partial charge in [0.2, 0.25) is 5.91 Å². The van der Waals surface area contributed by atoms with Crippen molar-refractivity contribution in [3.63, 3.8) is 0 Å². The van der Waals surface area contributed by atoms with Gasteiger partial charge in [0.25, 0.3) is 0 Å². The SMILES string of the molecule is CC(NC(=O)C1CC2CCCCC2N1)c1ccc(C(F)(F)F)cc1. The van der Waals surface area contributed by atoms with Crippen LogP contribution in [0.3, 0.4) is 0 Å². The van der Waals surface area contributed by atoms with Gasteiger partial charge in [-0.05, 0) is 49.8 Å². The predicted molar refractivity (Wildman–Crippen MR) is 85.3 cm³/mol. The number of hydrogen-bond acceptors (Lipinski definition) is 2. The van der Waals surface area contributed by atoms with E-state index in [-0.39, 0.29) is 18.0 Å². The van der Waals surface area contributed by atoms with Crippen LogP contribution in [0.1, 0.15) is 56.2 Å². The molecule has 2 aliphatic rings. The summed E-state index contributed by atoms with van der Waals surface area (Å²) in [6.07, 6.45) is 1.27. The molecule has 4 unspecified atom stereocenters. The number of rotatable bonds is 3. The molecular formula is C18H23F3N2O. The molecule has 132 valence electrons. The van der Waals surface area contributed by atoms with Crippen molar-refractivity contribution in [1.82, 2.24) is 10.6 Å². The summed E-state index contributed by atoms with van der Waals surface area (Å²) in [7, 11) is 0. The van der Waals surface area contributed by atoms with Crippen molar-refractivity contribution >= 4 is 5.91 Å². The zero-order valence-electron chi connectivity index (χ0n) is 13.7. The zero-order valence-corrected chi connectivity index (χ0v) is 13.7. The second kappa shape index (κ2) is 6.75. The molecule has 1 saturated heterocycles. The van der Waals surface area contributed by atoms with Crippen molar-refractivity contribution in [2.45, 2.75) is 63.3 Å². The van der Waals surface area contributed by atoms with Crippen LogP contribution >= 0.6 is 0 Å². The molecule has 1 aliphatic carbocycles. The molecule has 6 heteroatoms. The van der Waals surface area contributed by atoms with Gasteiger partial charge in [0.15, 0.2) is 0 Å². The highest BCUT2D eigenvalue weighted by Crippen LogP contribution is 2.33. The third-order valence-corrected chi connectivity index (χ3v) is 5.28. The lowest BCUT2D eigenvalue weighted by Gasteiger charge is -2.24. The molecule has 1 aromatic carbocycles. The lowest BCUT2D eigenvalue weighted by Crippen LogP contribution is -2.43. The Morgan fingerprint density at radius 3 is 2.50 bits per heavy atom. The molecule has 1 aliphatic heterocycles. The van der Waals surface area contributed by atoms with E-state index in [0.717, 1.165) is 25.0 Å². The van der Waals surface area contributed by atoms with Crippen molar-refractivity contribution in [2.24, 2.45) is 5.92 Å². The van der Waals surface area contributed by atoms with Crippen molar-refractivity contribution in [1.29, 1.82) is 0 Å². The van der Waals surface area contributed by atoms with E-state index in [4.69, 9.17) is 0 Å². The van der Waals surface area contributed by atoms with Crippen molar-refractivity contribution in [3.8, 4) is 0 Å². The second-order valence-electron chi connectivity index (χ2n) is 6.96. The van der Waals surface area contributed by atoms with E-state index in [9.17, 15) is 18.0 Å². The van der Waals surface area contributed by atoms with Gasteiger partial charge in [-0.15, -0.1) is 0 Å². The maximum absolute atomic E-state index is 12.6. The predicted octanol–water partition coefficient (Wildman–Crippen LogP) is 3.80. The Labute approximate surface area is 140 Å². The fraction of sp³-hybridized carbons (Fsp3) is 0.611. The van der Waals surface area contributed by atoms with Gasteiger partial charge in [-0.3, -0.25) is 4.79 Å². The third-order valence-electron chi connectivity index (χ3n) is 5.28. The van der Waals surface area contributed by atoms with Crippen molar-refractivity contribution in [2.75, 3.05) is 0 Å². The average Bonchev–Trinajstić information content (AvgIpc) is 2.98. The van der Waals surface area contributed by atoms with Crippen LogP contribution in [0.15, 0.2) is 24.3 Å². The lowest BCUT2D eigenvalue weighted by atomic mass is 9.85. The lowest BCUT2D eigenvalue weighted by molar-refractivity contribution is -0.137. The topological polar surface area (TPSA) is 41.1 Å². The number of halogens is 3. The van der Waals surface area contributed by atoms with Crippen LogP contribution in [0.5, 0.6) is 0 Å². The van der Waals surface area contributed by atoms with Crippen LogP contribution in [0.2, 0.25) is 0 Å². The number of fused-ring (bicyclic) bond motifs is 1. The first-order valence-corrected chi connectivity index (χ1v) is 8.58. The number of hydrogen-bond donors (Lipinski definition) is 2. The van der Waals surface area contributed by atoms with Gasteiger partial charge in [-0.2, -0.15) is 13.2 Å². The van der Waals surface area contributed by atoms with Crippen LogP contribution in [0, 0.1) is 5.92 Å². The van der Waals surface area contributed by atoms with Gasteiger partial charge < -0.3 is 10.6 Å². The smallest absolute Gasteiger partial charge is 0.348 e. The van der Waals surface area contributed by atoms with E-state index in [1.807, 2.05) is 0 Å². The molecule has 0 radical (unpaired) electrons. The summed E-state index contributed by atoms with van der Waals surface area (Å²) in [5, 5.41) is 6.34. The summed E-state index contributed by atoms with van der Waals surface area (Å²) in [5.41, 5.74) is -0.00178. The molecule has 24 heavy (non-hydrogen) atoms. The Morgan fingerprint density at radius 1 is 1.21 bits per heavy atom. The van der Waals surface area contributed by atoms with Gasteiger partial charge in [0, 0.05) is 6.04 Å². The first-order chi connectivity index (χ1) is 11.3. The molecule has 4 atom stereocenters. The Morgan fingerprint density at radius 2 is 1.88 bits per heavy atom. The molecular weight excluding hydrogens is 317 g/mol. The largest absolute Gasteiger partial charge is 0.416 e. The van der Waals surface area contributed by atoms with E-state index in [2.05, 4.69) is 10.6 Å². The van der Waals surface area contributed by atoms with Gasteiger partial charge in [0.05, 0.1) is 17.6 Å². The highest BCUT2D eigenvalue weighted by atomic mass is 19.4. The molecule has 1 amide bonds. The Hall–Kier alpha value is -1.56. The minimum atomic E-state index is -4.34. The van der Waals surface area contributed by atoms with E-state index in [0.29, 0.717) is 17.5 Å². The molecule has 1 heterocycles. The summed E-state index contributed by atoms with van der Waals surface area (Å²) in [4.78, 5) is 12.4. The van der Waals surface area contributed by atoms with Crippen LogP contribution in [-0.2, 0) is 11.0 Å². The second-order valence-corrected chi connectivity index (χ2v) is 6.96. The fourth-order valence-corrected chi connectivity index (χ4v) is 3.88. The third kappa shape index (κ3) is 3.74. The first kappa shape index (κ1) is 17.3. The monoisotopic (exact) mass is 340 g/mol. The minimum Gasteiger partial charge on any atom is -0.348 e. The summed E-state index contributed by atoms with van der Waals surface area (Å²) in [5.74, 6) is 0.521. The van der Waals surface area contributed by atoms with Crippen LogP contribution in [0.25, 0.3) is 0 Å². The van der Waals surface area contributed by atoms with E-state index in [1.54, 1.807) is 6.92 Å². The van der Waals surface area contributed by atoms with Gasteiger partial charge in [0.1, 0.15) is 0 Å². The average molecular weight is 340 g/mol. The van der Waals surface area contributed by atoms with Crippen molar-refractivity contribution in [3.05, 3.63) is 35.4 Å². The Kier molecular flexibility index (Phi) is 4.85. The summed E-state index contributed by atoms with van der Waals surface area (Å²) < 4.78 is 37.8. The van der Waals surface area contributed by atoms with Gasteiger partial charge in [-0.1, -0.05) is 25.0 Å². The molecule has 2 N–H and O–H groups in total. The molecule has 0 aromatic heterocycles. The van der Waals surface area contributed by atoms with E-state index in [1.165, 1.54) is 31.4 Å². The van der Waals surface area contributed by atoms with E-state index < -0.39 is 11.7 Å². The van der Waals surface area contributed by atoms with Crippen molar-refractivity contribution < 1.29 is 18.0 Å². The molecule has 2 fully saturated rings.